The van der Waals surface area contributed by atoms with Crippen molar-refractivity contribution in [2.24, 2.45) is 5.92 Å². The number of hydrogen-bond acceptors (Lipinski definition) is 6. The van der Waals surface area contributed by atoms with Gasteiger partial charge in [-0.2, -0.15) is 0 Å². The van der Waals surface area contributed by atoms with Crippen LogP contribution < -0.4 is 15.8 Å². The third kappa shape index (κ3) is 4.42. The number of aromatic nitrogens is 2. The molecule has 0 bridgehead atoms. The molecule has 0 aliphatic carbocycles. The van der Waals surface area contributed by atoms with E-state index < -0.39 is 25.7 Å². The quantitative estimate of drug-likeness (QED) is 0.788. The zero-order valence-electron chi connectivity index (χ0n) is 13.5. The van der Waals surface area contributed by atoms with Crippen molar-refractivity contribution >= 4 is 8.25 Å². The summed E-state index contributed by atoms with van der Waals surface area (Å²) in [4.78, 5) is 25.2. The van der Waals surface area contributed by atoms with Crippen LogP contribution in [0.5, 0.6) is 5.75 Å². The highest BCUT2D eigenvalue weighted by Crippen LogP contribution is 2.35. The fraction of sp³-hybridized carbons (Fsp3) is 0.375. The summed E-state index contributed by atoms with van der Waals surface area (Å²) in [5.41, 5.74) is -0.980. The average molecular weight is 365 g/mol. The topological polar surface area (TPSA) is 99.6 Å². The maximum atomic E-state index is 11.9. The number of para-hydroxylation sites is 1. The summed E-state index contributed by atoms with van der Waals surface area (Å²) >= 11 is 0. The molecule has 0 amide bonds. The van der Waals surface area contributed by atoms with Gasteiger partial charge in [0.15, 0.2) is 5.75 Å². The molecule has 1 fully saturated rings. The molecule has 8 nitrogen and oxygen atoms in total. The molecule has 1 aliphatic rings. The maximum absolute atomic E-state index is 11.9. The van der Waals surface area contributed by atoms with E-state index in [1.165, 1.54) is 16.8 Å². The molecule has 0 radical (unpaired) electrons. The molecule has 1 N–H and O–H groups in total. The van der Waals surface area contributed by atoms with Crippen LogP contribution in [0, 0.1) is 5.92 Å². The molecule has 132 valence electrons. The van der Waals surface area contributed by atoms with Gasteiger partial charge in [0.25, 0.3) is 5.56 Å². The molecule has 1 aromatic carbocycles. The van der Waals surface area contributed by atoms with Crippen molar-refractivity contribution in [3.63, 3.8) is 0 Å². The van der Waals surface area contributed by atoms with Crippen molar-refractivity contribution in [3.05, 3.63) is 63.4 Å². The van der Waals surface area contributed by atoms with E-state index >= 15 is 0 Å². The molecule has 1 saturated heterocycles. The Labute approximate surface area is 144 Å². The molecule has 3 rings (SSSR count). The average Bonchev–Trinajstić information content (AvgIpc) is 2.95. The summed E-state index contributed by atoms with van der Waals surface area (Å²) in [5.74, 6) is 0.493. The van der Waals surface area contributed by atoms with Crippen molar-refractivity contribution < 1.29 is 18.3 Å². The lowest BCUT2D eigenvalue weighted by molar-refractivity contribution is -0.0296. The van der Waals surface area contributed by atoms with Gasteiger partial charge in [0.2, 0.25) is 0 Å². The predicted molar refractivity (Wildman–Crippen MR) is 89.6 cm³/mol. The Morgan fingerprint density at radius 1 is 1.28 bits per heavy atom. The van der Waals surface area contributed by atoms with E-state index in [2.05, 4.69) is 4.98 Å². The van der Waals surface area contributed by atoms with Gasteiger partial charge in [0, 0.05) is 22.7 Å². The summed E-state index contributed by atoms with van der Waals surface area (Å²) in [5, 5.41) is 0. The Hall–Kier alpha value is -2.28. The Kier molecular flexibility index (Phi) is 5.43. The van der Waals surface area contributed by atoms with Crippen molar-refractivity contribution in [2.45, 2.75) is 25.7 Å². The smallest absolute Gasteiger partial charge is 0.352 e. The molecule has 9 heteroatoms. The second kappa shape index (κ2) is 7.74. The number of aromatic amines is 1. The van der Waals surface area contributed by atoms with E-state index in [4.69, 9.17) is 13.8 Å². The first-order chi connectivity index (χ1) is 12.0. The standard InChI is InChI=1S/C16H17N2O6P/c1-11-9-13(10-22-25(21)24-12-5-3-2-4-6-12)23-15(11)18-8-7-14(19)17-16(18)20/h2-8,11,13,15H,9-10H2,1H3/p+1/t11-,13?,15?/m0/s1. The highest BCUT2D eigenvalue weighted by molar-refractivity contribution is 7.33. The van der Waals surface area contributed by atoms with Gasteiger partial charge in [-0.3, -0.25) is 14.3 Å². The minimum atomic E-state index is -2.31. The maximum Gasteiger partial charge on any atom is 0.750 e. The highest BCUT2D eigenvalue weighted by Gasteiger charge is 2.36. The van der Waals surface area contributed by atoms with Crippen LogP contribution in [0.4, 0.5) is 0 Å². The third-order valence-electron chi connectivity index (χ3n) is 3.87. The lowest BCUT2D eigenvalue weighted by Crippen LogP contribution is -2.33. The number of rotatable bonds is 6. The Morgan fingerprint density at radius 3 is 2.76 bits per heavy atom. The number of H-pyrrole nitrogens is 1. The molecule has 0 spiro atoms. The molecular formula is C16H18N2O6P+. The van der Waals surface area contributed by atoms with Crippen molar-refractivity contribution in [1.29, 1.82) is 0 Å². The van der Waals surface area contributed by atoms with Crippen LogP contribution in [0.3, 0.4) is 0 Å². The van der Waals surface area contributed by atoms with Crippen molar-refractivity contribution in [1.82, 2.24) is 9.55 Å². The second-order valence-corrected chi connectivity index (χ2v) is 6.69. The van der Waals surface area contributed by atoms with Crippen LogP contribution in [0.2, 0.25) is 0 Å². The van der Waals surface area contributed by atoms with Gasteiger partial charge in [0.05, 0.1) is 6.10 Å². The van der Waals surface area contributed by atoms with Crippen molar-refractivity contribution in [3.8, 4) is 5.75 Å². The summed E-state index contributed by atoms with van der Waals surface area (Å²) in [6, 6.07) is 10.0. The van der Waals surface area contributed by atoms with Gasteiger partial charge >= 0.3 is 13.9 Å². The highest BCUT2D eigenvalue weighted by atomic mass is 31.1. The first-order valence-corrected chi connectivity index (χ1v) is 8.92. The van der Waals surface area contributed by atoms with Gasteiger partial charge in [-0.25, -0.2) is 9.32 Å². The number of nitrogens with zero attached hydrogens (tertiary/aromatic N) is 1. The van der Waals surface area contributed by atoms with Gasteiger partial charge < -0.3 is 4.74 Å². The summed E-state index contributed by atoms with van der Waals surface area (Å²) in [6.45, 7) is 2.02. The van der Waals surface area contributed by atoms with E-state index in [0.717, 1.165) is 0 Å². The van der Waals surface area contributed by atoms with Crippen LogP contribution in [-0.2, 0) is 13.8 Å². The van der Waals surface area contributed by atoms with Crippen LogP contribution in [0.15, 0.2) is 52.2 Å². The Balaban J connectivity index is 1.56. The predicted octanol–water partition coefficient (Wildman–Crippen LogP) is 2.21. The second-order valence-electron chi connectivity index (χ2n) is 5.80. The van der Waals surface area contributed by atoms with Gasteiger partial charge in [0.1, 0.15) is 12.8 Å². The minimum Gasteiger partial charge on any atom is -0.352 e. The van der Waals surface area contributed by atoms with Crippen molar-refractivity contribution in [2.75, 3.05) is 6.61 Å². The lowest BCUT2D eigenvalue weighted by atomic mass is 10.1. The molecule has 3 unspecified atom stereocenters. The molecular weight excluding hydrogens is 347 g/mol. The fourth-order valence-corrected chi connectivity index (χ4v) is 3.36. The first-order valence-electron chi connectivity index (χ1n) is 7.83. The number of ether oxygens (including phenoxy) is 1. The largest absolute Gasteiger partial charge is 0.750 e. The first kappa shape index (κ1) is 17.5. The van der Waals surface area contributed by atoms with Gasteiger partial charge in [-0.1, -0.05) is 25.1 Å². The third-order valence-corrected chi connectivity index (χ3v) is 4.59. The van der Waals surface area contributed by atoms with Crippen LogP contribution in [-0.4, -0.2) is 22.3 Å². The number of nitrogens with one attached hydrogen (secondary N) is 1. The number of benzene rings is 1. The van der Waals surface area contributed by atoms with E-state index in [1.807, 2.05) is 13.0 Å². The summed E-state index contributed by atoms with van der Waals surface area (Å²) in [6.07, 6.45) is 1.21. The monoisotopic (exact) mass is 365 g/mol. The normalized spacial score (nSPS) is 23.4. The van der Waals surface area contributed by atoms with E-state index in [1.54, 1.807) is 24.3 Å². The zero-order chi connectivity index (χ0) is 17.8. The van der Waals surface area contributed by atoms with E-state index in [-0.39, 0.29) is 18.6 Å². The van der Waals surface area contributed by atoms with Gasteiger partial charge in [-0.05, 0) is 18.6 Å². The Bertz CT molecular complexity index is 849. The van der Waals surface area contributed by atoms with E-state index in [9.17, 15) is 14.2 Å². The molecule has 0 saturated carbocycles. The van der Waals surface area contributed by atoms with Crippen LogP contribution in [0.1, 0.15) is 19.6 Å². The fourth-order valence-electron chi connectivity index (χ4n) is 2.73. The van der Waals surface area contributed by atoms with Gasteiger partial charge in [-0.15, -0.1) is 4.52 Å². The molecule has 1 aromatic heterocycles. The lowest BCUT2D eigenvalue weighted by Gasteiger charge is -2.17. The van der Waals surface area contributed by atoms with Crippen LogP contribution in [0.25, 0.3) is 0 Å². The molecule has 2 heterocycles. The summed E-state index contributed by atoms with van der Waals surface area (Å²) < 4.78 is 29.4. The van der Waals surface area contributed by atoms with E-state index in [0.29, 0.717) is 12.2 Å². The summed E-state index contributed by atoms with van der Waals surface area (Å²) in [7, 11) is -2.31. The number of hydrogen-bond donors (Lipinski definition) is 1. The molecule has 4 atom stereocenters. The SMILES string of the molecule is C[C@H]1CC(CO[P+](=O)Oc2ccccc2)OC1n1ccc(=O)[nH]c1=O. The minimum absolute atomic E-state index is 0.0325. The molecule has 25 heavy (non-hydrogen) atoms. The molecule has 1 aliphatic heterocycles. The Morgan fingerprint density at radius 2 is 2.04 bits per heavy atom. The molecule has 2 aromatic rings. The zero-order valence-corrected chi connectivity index (χ0v) is 14.4. The van der Waals surface area contributed by atoms with Crippen LogP contribution >= 0.6 is 8.25 Å².